The maximum Gasteiger partial charge on any atom is 0.258 e. The van der Waals surface area contributed by atoms with Gasteiger partial charge in [-0.05, 0) is 21.0 Å². The fourth-order valence-electron chi connectivity index (χ4n) is 0.593. The number of hydrogen-bond donors (Lipinski definition) is 0. The van der Waals surface area contributed by atoms with Gasteiger partial charge < -0.3 is 9.05 Å². The van der Waals surface area contributed by atoms with Crippen molar-refractivity contribution >= 4 is 8.53 Å². The molecule has 0 unspecified atom stereocenters. The van der Waals surface area contributed by atoms with E-state index >= 15 is 0 Å². The van der Waals surface area contributed by atoms with Gasteiger partial charge in [0.2, 0.25) is 0 Å². The van der Waals surface area contributed by atoms with Gasteiger partial charge in [0, 0.05) is 0 Å². The Bertz CT molecular complexity index is 99.0. The normalized spacial score (nSPS) is 36.0. The highest BCUT2D eigenvalue weighted by Gasteiger charge is 2.25. The van der Waals surface area contributed by atoms with Crippen molar-refractivity contribution < 1.29 is 9.05 Å². The van der Waals surface area contributed by atoms with Gasteiger partial charge in [0.15, 0.2) is 0 Å². The lowest BCUT2D eigenvalue weighted by Crippen LogP contribution is -2.04. The largest absolute Gasteiger partial charge is 0.319 e. The van der Waals surface area contributed by atoms with Crippen LogP contribution in [0.1, 0.15) is 6.92 Å². The summed E-state index contributed by atoms with van der Waals surface area (Å²) in [4.78, 5) is 0. The minimum atomic E-state index is -0.710. The molecule has 9 heavy (non-hydrogen) atoms. The first-order valence-corrected chi connectivity index (χ1v) is 4.10. The number of hydrogen-bond acceptors (Lipinski definition) is 3. The van der Waals surface area contributed by atoms with Gasteiger partial charge in [-0.25, -0.2) is 4.67 Å². The topological polar surface area (TPSA) is 21.7 Å². The number of rotatable bonds is 1. The van der Waals surface area contributed by atoms with Crippen molar-refractivity contribution in [1.82, 2.24) is 4.67 Å². The van der Waals surface area contributed by atoms with E-state index in [0.717, 1.165) is 6.61 Å². The summed E-state index contributed by atoms with van der Waals surface area (Å²) in [7, 11) is 3.21. The van der Waals surface area contributed by atoms with E-state index in [9.17, 15) is 0 Å². The van der Waals surface area contributed by atoms with E-state index in [1.165, 1.54) is 0 Å². The van der Waals surface area contributed by atoms with Crippen LogP contribution in [0.5, 0.6) is 0 Å². The molecule has 1 fully saturated rings. The summed E-state index contributed by atoms with van der Waals surface area (Å²) in [6, 6.07) is 0. The molecule has 1 saturated heterocycles. The van der Waals surface area contributed by atoms with Crippen LogP contribution in [0.4, 0.5) is 0 Å². The summed E-state index contributed by atoms with van der Waals surface area (Å²) in [6.45, 7) is 2.76. The lowest BCUT2D eigenvalue weighted by atomic mass is 10.5. The van der Waals surface area contributed by atoms with Gasteiger partial charge >= 0.3 is 0 Å². The Kier molecular flexibility index (Phi) is 2.42. The van der Waals surface area contributed by atoms with Crippen molar-refractivity contribution in [2.24, 2.45) is 0 Å². The van der Waals surface area contributed by atoms with Crippen molar-refractivity contribution in [3.63, 3.8) is 0 Å². The van der Waals surface area contributed by atoms with Crippen LogP contribution in [0, 0.1) is 0 Å². The minimum Gasteiger partial charge on any atom is -0.319 e. The summed E-state index contributed by atoms with van der Waals surface area (Å²) >= 11 is 0. The van der Waals surface area contributed by atoms with Gasteiger partial charge in [-0.1, -0.05) is 0 Å². The molecule has 0 aromatic carbocycles. The van der Waals surface area contributed by atoms with Gasteiger partial charge in [-0.3, -0.25) is 0 Å². The molecule has 0 aromatic rings. The van der Waals surface area contributed by atoms with Crippen LogP contribution in [0.2, 0.25) is 0 Å². The Morgan fingerprint density at radius 1 is 1.56 bits per heavy atom. The zero-order valence-corrected chi connectivity index (χ0v) is 6.89. The lowest BCUT2D eigenvalue weighted by molar-refractivity contribution is 0.259. The van der Waals surface area contributed by atoms with Gasteiger partial charge in [0.1, 0.15) is 0 Å². The molecule has 1 heterocycles. The zero-order chi connectivity index (χ0) is 6.85. The molecule has 0 radical (unpaired) electrons. The Labute approximate surface area is 56.9 Å². The Morgan fingerprint density at radius 2 is 2.22 bits per heavy atom. The second-order valence-electron chi connectivity index (χ2n) is 2.30. The summed E-state index contributed by atoms with van der Waals surface area (Å²) < 4.78 is 12.7. The molecule has 0 amide bonds. The molecule has 2 atom stereocenters. The fourth-order valence-corrected chi connectivity index (χ4v) is 1.78. The molecule has 0 spiro atoms. The van der Waals surface area contributed by atoms with Crippen LogP contribution >= 0.6 is 8.53 Å². The summed E-state index contributed by atoms with van der Waals surface area (Å²) in [5, 5.41) is 0. The van der Waals surface area contributed by atoms with Crippen LogP contribution in [0.15, 0.2) is 0 Å². The van der Waals surface area contributed by atoms with Gasteiger partial charge in [0.05, 0.1) is 12.7 Å². The molecule has 1 aliphatic heterocycles. The molecule has 0 N–H and O–H groups in total. The molecule has 1 rings (SSSR count). The van der Waals surface area contributed by atoms with Crippen molar-refractivity contribution in [3.8, 4) is 0 Å². The Morgan fingerprint density at radius 3 is 2.44 bits per heavy atom. The highest BCUT2D eigenvalue weighted by Crippen LogP contribution is 2.46. The van der Waals surface area contributed by atoms with Crippen LogP contribution in [0.3, 0.4) is 0 Å². The lowest BCUT2D eigenvalue weighted by Gasteiger charge is -2.14. The molecule has 4 heteroatoms. The van der Waals surface area contributed by atoms with Crippen molar-refractivity contribution in [1.29, 1.82) is 0 Å². The highest BCUT2D eigenvalue weighted by molar-refractivity contribution is 7.44. The van der Waals surface area contributed by atoms with E-state index in [-0.39, 0.29) is 6.10 Å². The minimum absolute atomic E-state index is 0.276. The van der Waals surface area contributed by atoms with Crippen molar-refractivity contribution in [3.05, 3.63) is 0 Å². The van der Waals surface area contributed by atoms with E-state index in [1.54, 1.807) is 0 Å². The third-order valence-electron chi connectivity index (χ3n) is 1.02. The average molecular weight is 149 g/mol. The van der Waals surface area contributed by atoms with Crippen LogP contribution < -0.4 is 0 Å². The number of nitrogens with zero attached hydrogens (tertiary/aromatic N) is 1. The predicted molar refractivity (Wildman–Crippen MR) is 37.1 cm³/mol. The third kappa shape index (κ3) is 1.87. The van der Waals surface area contributed by atoms with Gasteiger partial charge in [-0.15, -0.1) is 0 Å². The van der Waals surface area contributed by atoms with Gasteiger partial charge in [0.25, 0.3) is 8.53 Å². The van der Waals surface area contributed by atoms with E-state index in [0.29, 0.717) is 0 Å². The van der Waals surface area contributed by atoms with Crippen molar-refractivity contribution in [2.45, 2.75) is 13.0 Å². The third-order valence-corrected chi connectivity index (χ3v) is 2.58. The molecule has 0 saturated carbocycles. The Balaban J connectivity index is 2.30. The van der Waals surface area contributed by atoms with Crippen molar-refractivity contribution in [2.75, 3.05) is 20.7 Å². The van der Waals surface area contributed by atoms with Gasteiger partial charge in [-0.2, -0.15) is 0 Å². The molecule has 0 aliphatic carbocycles. The van der Waals surface area contributed by atoms with E-state index in [2.05, 4.69) is 0 Å². The summed E-state index contributed by atoms with van der Waals surface area (Å²) in [6.07, 6.45) is 0.276. The quantitative estimate of drug-likeness (QED) is 0.523. The molecule has 1 aliphatic rings. The molecule has 0 aromatic heterocycles. The van der Waals surface area contributed by atoms with E-state index in [1.807, 2.05) is 25.7 Å². The first kappa shape index (κ1) is 7.42. The average Bonchev–Trinajstić information content (AvgIpc) is 2.14. The smallest absolute Gasteiger partial charge is 0.258 e. The van der Waals surface area contributed by atoms with Crippen LogP contribution in [-0.2, 0) is 9.05 Å². The predicted octanol–water partition coefficient (Wildman–Crippen LogP) is 1.21. The summed E-state index contributed by atoms with van der Waals surface area (Å²) in [5.74, 6) is 0. The second kappa shape index (κ2) is 2.93. The molecule has 0 bridgehead atoms. The molecule has 3 nitrogen and oxygen atoms in total. The molecule has 54 valence electrons. The first-order valence-electron chi connectivity index (χ1n) is 2.97. The standard InChI is InChI=1S/C5H12NO2P/c1-5-4-7-9(8-5)6(2)3/h5H,4H2,1-3H3/t5-,9+/m1/s1. The zero-order valence-electron chi connectivity index (χ0n) is 6.00. The van der Waals surface area contributed by atoms with E-state index in [4.69, 9.17) is 9.05 Å². The van der Waals surface area contributed by atoms with Crippen LogP contribution in [0.25, 0.3) is 0 Å². The molecular weight excluding hydrogens is 137 g/mol. The fraction of sp³-hybridized carbons (Fsp3) is 1.00. The summed E-state index contributed by atoms with van der Waals surface area (Å²) in [5.41, 5.74) is 0. The van der Waals surface area contributed by atoms with Crippen LogP contribution in [-0.4, -0.2) is 31.5 Å². The van der Waals surface area contributed by atoms with E-state index < -0.39 is 8.53 Å². The Hall–Kier alpha value is 0.310. The maximum atomic E-state index is 5.39. The SMILES string of the molecule is C[C@@H]1CO[P@](N(C)C)O1. The highest BCUT2D eigenvalue weighted by atomic mass is 31.2. The second-order valence-corrected chi connectivity index (χ2v) is 4.04. The maximum absolute atomic E-state index is 5.39. The first-order chi connectivity index (χ1) is 4.20. The molecular formula is C5H12NO2P. The monoisotopic (exact) mass is 149 g/mol.